The molecule has 1 amide bonds. The zero-order valence-electron chi connectivity index (χ0n) is 20.0. The normalized spacial score (nSPS) is 24.0. The summed E-state index contributed by atoms with van der Waals surface area (Å²) in [6, 6.07) is 8.81. The van der Waals surface area contributed by atoms with Crippen molar-refractivity contribution in [2.24, 2.45) is 5.92 Å². The number of methoxy groups -OCH3 is 1. The fourth-order valence-electron chi connectivity index (χ4n) is 3.51. The van der Waals surface area contributed by atoms with Crippen LogP contribution in [0, 0.1) is 5.92 Å². The minimum absolute atomic E-state index is 0.0645. The van der Waals surface area contributed by atoms with Crippen LogP contribution in [0.15, 0.2) is 30.3 Å². The lowest BCUT2D eigenvalue weighted by Crippen LogP contribution is -2.47. The van der Waals surface area contributed by atoms with Crippen molar-refractivity contribution >= 4 is 18.0 Å². The Kier molecular flexibility index (Phi) is 10.1. The molecule has 9 nitrogen and oxygen atoms in total. The molecule has 33 heavy (non-hydrogen) atoms. The molecule has 2 rings (SSSR count). The number of rotatable bonds is 7. The van der Waals surface area contributed by atoms with E-state index in [0.29, 0.717) is 6.42 Å². The van der Waals surface area contributed by atoms with Crippen LogP contribution in [-0.2, 0) is 39.7 Å². The van der Waals surface area contributed by atoms with Crippen LogP contribution in [-0.4, -0.2) is 68.8 Å². The molecule has 1 aliphatic rings. The Hall–Kier alpha value is -2.65. The van der Waals surface area contributed by atoms with E-state index in [2.05, 4.69) is 10.1 Å². The molecule has 1 aliphatic heterocycles. The molecule has 0 spiro atoms. The molecule has 0 saturated carbocycles. The maximum atomic E-state index is 12.8. The van der Waals surface area contributed by atoms with Crippen molar-refractivity contribution < 1.29 is 38.1 Å². The lowest BCUT2D eigenvalue weighted by atomic mass is 9.91. The monoisotopic (exact) mass is 465 g/mol. The number of esters is 2. The third kappa shape index (κ3) is 9.39. The van der Waals surface area contributed by atoms with Crippen molar-refractivity contribution in [2.45, 2.75) is 64.4 Å². The van der Waals surface area contributed by atoms with Gasteiger partial charge in [-0.2, -0.15) is 0 Å². The Morgan fingerprint density at radius 2 is 1.85 bits per heavy atom. The first-order chi connectivity index (χ1) is 15.6. The van der Waals surface area contributed by atoms with Crippen LogP contribution in [0.1, 0.15) is 39.7 Å². The lowest BCUT2D eigenvalue weighted by Gasteiger charge is -2.30. The first-order valence-electron chi connectivity index (χ1n) is 11.1. The van der Waals surface area contributed by atoms with E-state index in [9.17, 15) is 14.4 Å². The molecule has 184 valence electrons. The number of alkyl carbamates (subject to hydrolysis) is 1. The molecule has 9 heteroatoms. The molecule has 0 aromatic heterocycles. The maximum Gasteiger partial charge on any atom is 0.408 e. The van der Waals surface area contributed by atoms with E-state index in [1.807, 2.05) is 30.3 Å². The third-order valence-electron chi connectivity index (χ3n) is 5.01. The van der Waals surface area contributed by atoms with Crippen molar-refractivity contribution in [1.82, 2.24) is 5.32 Å². The van der Waals surface area contributed by atoms with Crippen LogP contribution in [0.25, 0.3) is 0 Å². The number of ether oxygens (including phenoxy) is 5. The van der Waals surface area contributed by atoms with Gasteiger partial charge in [-0.3, -0.25) is 4.79 Å². The molecular formula is C24H35NO8. The van der Waals surface area contributed by atoms with Gasteiger partial charge in [0.2, 0.25) is 0 Å². The third-order valence-corrected chi connectivity index (χ3v) is 5.01. The van der Waals surface area contributed by atoms with Gasteiger partial charge < -0.3 is 29.0 Å². The molecule has 0 radical (unpaired) electrons. The number of hydrogen-bond donors (Lipinski definition) is 1. The first kappa shape index (κ1) is 26.6. The summed E-state index contributed by atoms with van der Waals surface area (Å²) >= 11 is 0. The highest BCUT2D eigenvalue weighted by atomic mass is 16.6. The van der Waals surface area contributed by atoms with Gasteiger partial charge in [0, 0.05) is 5.92 Å². The summed E-state index contributed by atoms with van der Waals surface area (Å²) < 4.78 is 27.4. The number of cyclic esters (lactones) is 1. The van der Waals surface area contributed by atoms with Gasteiger partial charge >= 0.3 is 18.0 Å². The number of hydrogen-bond acceptors (Lipinski definition) is 8. The smallest absolute Gasteiger partial charge is 0.408 e. The minimum atomic E-state index is -1.02. The van der Waals surface area contributed by atoms with Crippen LogP contribution in [0.2, 0.25) is 0 Å². The summed E-state index contributed by atoms with van der Waals surface area (Å²) in [5.74, 6) is -1.19. The van der Waals surface area contributed by atoms with Crippen LogP contribution in [0.3, 0.4) is 0 Å². The Balaban J connectivity index is 2.15. The molecule has 1 fully saturated rings. The molecule has 0 aliphatic carbocycles. The van der Waals surface area contributed by atoms with E-state index in [4.69, 9.17) is 18.9 Å². The highest BCUT2D eigenvalue weighted by molar-refractivity contribution is 5.81. The van der Waals surface area contributed by atoms with E-state index in [1.54, 1.807) is 27.7 Å². The highest BCUT2D eigenvalue weighted by Crippen LogP contribution is 2.23. The SMILES string of the molecule is COC(=O)CCO[C@@H]1[C@H](Cc2ccccc2)COC[C@H](NC(=O)OC(C)(C)C)C(=O)O[C@H]1C. The summed E-state index contributed by atoms with van der Waals surface area (Å²) in [4.78, 5) is 36.5. The standard InChI is InChI=1S/C24H35NO8/c1-16-21(31-12-11-20(26)29-5)18(13-17-9-7-6-8-10-17)14-30-15-19(22(27)32-16)25-23(28)33-24(2,3)4/h6-10,16,18-19,21H,11-15H2,1-5H3,(H,25,28)/t16-,18+,19-,21-/m0/s1. The van der Waals surface area contributed by atoms with E-state index in [0.717, 1.165) is 5.56 Å². The Morgan fingerprint density at radius 3 is 2.48 bits per heavy atom. The average Bonchev–Trinajstić information content (AvgIpc) is 2.78. The second-order valence-corrected chi connectivity index (χ2v) is 8.99. The van der Waals surface area contributed by atoms with Gasteiger partial charge in [0.15, 0.2) is 6.04 Å². The van der Waals surface area contributed by atoms with Crippen molar-refractivity contribution in [2.75, 3.05) is 26.9 Å². The fourth-order valence-corrected chi connectivity index (χ4v) is 3.51. The van der Waals surface area contributed by atoms with Gasteiger partial charge in [-0.25, -0.2) is 9.59 Å². The summed E-state index contributed by atoms with van der Waals surface area (Å²) in [6.07, 6.45) is -1.20. The van der Waals surface area contributed by atoms with Crippen LogP contribution < -0.4 is 5.32 Å². The number of carbonyl (C=O) groups is 3. The van der Waals surface area contributed by atoms with Crippen LogP contribution in [0.5, 0.6) is 0 Å². The zero-order valence-corrected chi connectivity index (χ0v) is 20.0. The molecule has 1 aromatic rings. The zero-order chi connectivity index (χ0) is 24.4. The van der Waals surface area contributed by atoms with Gasteiger partial charge in [0.1, 0.15) is 11.7 Å². The molecular weight excluding hydrogens is 430 g/mol. The second kappa shape index (κ2) is 12.6. The molecule has 4 atom stereocenters. The summed E-state index contributed by atoms with van der Waals surface area (Å²) in [5, 5.41) is 2.52. The fraction of sp³-hybridized carbons (Fsp3) is 0.625. The molecule has 0 bridgehead atoms. The number of nitrogens with one attached hydrogen (secondary N) is 1. The predicted molar refractivity (Wildman–Crippen MR) is 120 cm³/mol. The maximum absolute atomic E-state index is 12.8. The Labute approximate surface area is 195 Å². The molecule has 0 unspecified atom stereocenters. The number of amides is 1. The van der Waals surface area contributed by atoms with Crippen LogP contribution in [0.4, 0.5) is 4.79 Å². The molecule has 1 N–H and O–H groups in total. The Bertz CT molecular complexity index is 776. The van der Waals surface area contributed by atoms with Gasteiger partial charge in [-0.05, 0) is 39.7 Å². The quantitative estimate of drug-likeness (QED) is 0.484. The molecule has 1 aromatic carbocycles. The average molecular weight is 466 g/mol. The number of carbonyl (C=O) groups excluding carboxylic acids is 3. The molecule has 1 heterocycles. The van der Waals surface area contributed by atoms with Crippen molar-refractivity contribution in [3.05, 3.63) is 35.9 Å². The van der Waals surface area contributed by atoms with Crippen molar-refractivity contribution in [3.63, 3.8) is 0 Å². The van der Waals surface area contributed by atoms with Crippen molar-refractivity contribution in [1.29, 1.82) is 0 Å². The van der Waals surface area contributed by atoms with Gasteiger partial charge in [-0.15, -0.1) is 0 Å². The van der Waals surface area contributed by atoms with Gasteiger partial charge in [0.05, 0.1) is 39.5 Å². The predicted octanol–water partition coefficient (Wildman–Crippen LogP) is 2.65. The topological polar surface area (TPSA) is 109 Å². The summed E-state index contributed by atoms with van der Waals surface area (Å²) in [6.45, 7) is 7.25. The van der Waals surface area contributed by atoms with Crippen molar-refractivity contribution in [3.8, 4) is 0 Å². The van der Waals surface area contributed by atoms with E-state index < -0.39 is 35.9 Å². The lowest BCUT2D eigenvalue weighted by molar-refractivity contribution is -0.162. The van der Waals surface area contributed by atoms with Gasteiger partial charge in [0.25, 0.3) is 0 Å². The largest absolute Gasteiger partial charge is 0.469 e. The minimum Gasteiger partial charge on any atom is -0.469 e. The van der Waals surface area contributed by atoms with E-state index in [-0.39, 0.29) is 38.1 Å². The van der Waals surface area contributed by atoms with E-state index >= 15 is 0 Å². The van der Waals surface area contributed by atoms with E-state index in [1.165, 1.54) is 7.11 Å². The first-order valence-corrected chi connectivity index (χ1v) is 11.1. The second-order valence-electron chi connectivity index (χ2n) is 8.99. The summed E-state index contributed by atoms with van der Waals surface area (Å²) in [5.41, 5.74) is 0.369. The number of benzene rings is 1. The Morgan fingerprint density at radius 1 is 1.15 bits per heavy atom. The highest BCUT2D eigenvalue weighted by Gasteiger charge is 2.36. The van der Waals surface area contributed by atoms with Gasteiger partial charge in [-0.1, -0.05) is 30.3 Å². The van der Waals surface area contributed by atoms with Crippen LogP contribution >= 0.6 is 0 Å². The molecule has 1 saturated heterocycles. The summed E-state index contributed by atoms with van der Waals surface area (Å²) in [7, 11) is 1.32.